The van der Waals surface area contributed by atoms with E-state index in [2.05, 4.69) is 10.5 Å². The van der Waals surface area contributed by atoms with Gasteiger partial charge in [0, 0.05) is 11.6 Å². The quantitative estimate of drug-likeness (QED) is 0.851. The number of aromatic nitrogens is 1. The van der Waals surface area contributed by atoms with Gasteiger partial charge in [0.15, 0.2) is 5.76 Å². The highest BCUT2D eigenvalue weighted by atomic mass is 16.5. The highest BCUT2D eigenvalue weighted by molar-refractivity contribution is 6.07. The molecule has 5 rings (SSSR count). The normalized spacial score (nSPS) is 22.3. The Morgan fingerprint density at radius 3 is 2.44 bits per heavy atom. The Kier molecular flexibility index (Phi) is 3.04. The van der Waals surface area contributed by atoms with Crippen LogP contribution in [-0.2, 0) is 11.3 Å². The fourth-order valence-corrected chi connectivity index (χ4v) is 4.01. The minimum atomic E-state index is -0.650. The lowest BCUT2D eigenvalue weighted by Crippen LogP contribution is -2.51. The summed E-state index contributed by atoms with van der Waals surface area (Å²) in [6.45, 7) is 0.155. The van der Waals surface area contributed by atoms with Crippen LogP contribution in [0.1, 0.15) is 31.4 Å². The van der Waals surface area contributed by atoms with E-state index in [-0.39, 0.29) is 18.5 Å². The molecule has 0 atom stereocenters. The van der Waals surface area contributed by atoms with Crippen molar-refractivity contribution < 1.29 is 14.1 Å². The van der Waals surface area contributed by atoms with Gasteiger partial charge in [0.2, 0.25) is 0 Å². The van der Waals surface area contributed by atoms with E-state index in [9.17, 15) is 9.59 Å². The van der Waals surface area contributed by atoms with Crippen LogP contribution >= 0.6 is 0 Å². The van der Waals surface area contributed by atoms with Crippen molar-refractivity contribution in [3.8, 4) is 11.3 Å². The van der Waals surface area contributed by atoms with Crippen molar-refractivity contribution in [2.75, 3.05) is 0 Å². The number of imide groups is 1. The molecule has 2 heterocycles. The Hall–Kier alpha value is -2.63. The van der Waals surface area contributed by atoms with Gasteiger partial charge in [0.25, 0.3) is 5.91 Å². The molecular formula is C19H19N3O3. The predicted molar refractivity (Wildman–Crippen MR) is 89.2 cm³/mol. The Bertz CT molecular complexity index is 825. The smallest absolute Gasteiger partial charge is 0.325 e. The summed E-state index contributed by atoms with van der Waals surface area (Å²) in [5, 5.41) is 7.07. The van der Waals surface area contributed by atoms with Gasteiger partial charge in [0.1, 0.15) is 11.2 Å². The lowest BCUT2D eigenvalue weighted by atomic mass is 9.87. The van der Waals surface area contributed by atoms with Crippen LogP contribution in [-0.4, -0.2) is 27.5 Å². The summed E-state index contributed by atoms with van der Waals surface area (Å²) in [6, 6.07) is 11.1. The van der Waals surface area contributed by atoms with Gasteiger partial charge >= 0.3 is 6.03 Å². The Morgan fingerprint density at radius 2 is 1.80 bits per heavy atom. The Balaban J connectivity index is 1.38. The maximum Gasteiger partial charge on any atom is 0.325 e. The first kappa shape index (κ1) is 14.7. The van der Waals surface area contributed by atoms with Crippen molar-refractivity contribution >= 4 is 11.9 Å². The highest BCUT2D eigenvalue weighted by Crippen LogP contribution is 2.54. The van der Waals surface area contributed by atoms with Crippen LogP contribution in [0.2, 0.25) is 0 Å². The molecular weight excluding hydrogens is 318 g/mol. The van der Waals surface area contributed by atoms with Crippen LogP contribution < -0.4 is 5.32 Å². The van der Waals surface area contributed by atoms with Gasteiger partial charge in [-0.25, -0.2) is 4.79 Å². The van der Waals surface area contributed by atoms with Crippen molar-refractivity contribution in [2.24, 2.45) is 11.8 Å². The Morgan fingerprint density at radius 1 is 1.12 bits per heavy atom. The second-order valence-electron chi connectivity index (χ2n) is 7.29. The third kappa shape index (κ3) is 2.27. The van der Waals surface area contributed by atoms with Gasteiger partial charge in [-0.2, -0.15) is 0 Å². The predicted octanol–water partition coefficient (Wildman–Crippen LogP) is 2.95. The maximum absolute atomic E-state index is 13.1. The lowest BCUT2D eigenvalue weighted by Gasteiger charge is -2.26. The third-order valence-electron chi connectivity index (χ3n) is 5.54. The van der Waals surface area contributed by atoms with Crippen molar-refractivity contribution in [3.63, 3.8) is 0 Å². The van der Waals surface area contributed by atoms with E-state index in [1.807, 2.05) is 30.3 Å². The zero-order valence-corrected chi connectivity index (χ0v) is 13.8. The van der Waals surface area contributed by atoms with Crippen molar-refractivity contribution in [1.29, 1.82) is 0 Å². The molecule has 0 bridgehead atoms. The van der Waals surface area contributed by atoms with Crippen LogP contribution in [0.25, 0.3) is 11.3 Å². The van der Waals surface area contributed by atoms with Crippen molar-refractivity contribution in [3.05, 3.63) is 42.1 Å². The first-order valence-electron chi connectivity index (χ1n) is 8.83. The molecule has 25 heavy (non-hydrogen) atoms. The molecule has 128 valence electrons. The van der Waals surface area contributed by atoms with Gasteiger partial charge in [-0.05, 0) is 37.5 Å². The summed E-state index contributed by atoms with van der Waals surface area (Å²) in [5.74, 6) is 1.17. The van der Waals surface area contributed by atoms with Crippen LogP contribution in [0.3, 0.4) is 0 Å². The number of urea groups is 1. The fraction of sp³-hybridized carbons (Fsp3) is 0.421. The molecule has 2 aromatic rings. The molecule has 1 aromatic carbocycles. The number of nitrogens with zero attached hydrogens (tertiary/aromatic N) is 2. The van der Waals surface area contributed by atoms with Gasteiger partial charge in [-0.3, -0.25) is 9.69 Å². The number of rotatable bonds is 5. The zero-order chi connectivity index (χ0) is 17.0. The van der Waals surface area contributed by atoms with E-state index in [1.54, 1.807) is 6.07 Å². The SMILES string of the molecule is O=C1NC(C2CC2)(C2CC2)C(=O)N1Cc1cc(-c2ccccc2)on1. The molecule has 1 saturated heterocycles. The molecule has 6 heteroatoms. The molecule has 6 nitrogen and oxygen atoms in total. The van der Waals surface area contributed by atoms with Crippen molar-refractivity contribution in [2.45, 2.75) is 37.8 Å². The molecule has 0 radical (unpaired) electrons. The molecule has 2 aliphatic carbocycles. The molecule has 3 fully saturated rings. The average molecular weight is 337 g/mol. The van der Waals surface area contributed by atoms with E-state index in [4.69, 9.17) is 4.52 Å². The number of hydrogen-bond acceptors (Lipinski definition) is 4. The van der Waals surface area contributed by atoms with Crippen molar-refractivity contribution in [1.82, 2.24) is 15.4 Å². The van der Waals surface area contributed by atoms with Crippen LogP contribution in [0.4, 0.5) is 4.79 Å². The maximum atomic E-state index is 13.1. The van der Waals surface area contributed by atoms with Gasteiger partial charge < -0.3 is 9.84 Å². The van der Waals surface area contributed by atoms with E-state index < -0.39 is 5.54 Å². The molecule has 1 N–H and O–H groups in total. The minimum Gasteiger partial charge on any atom is -0.356 e. The number of carbonyl (C=O) groups is 2. The number of nitrogens with one attached hydrogen (secondary N) is 1. The second kappa shape index (κ2) is 5.18. The molecule has 1 aromatic heterocycles. The topological polar surface area (TPSA) is 75.4 Å². The number of carbonyl (C=O) groups excluding carboxylic acids is 2. The highest BCUT2D eigenvalue weighted by Gasteiger charge is 2.65. The second-order valence-corrected chi connectivity index (χ2v) is 7.29. The van der Waals surface area contributed by atoms with E-state index in [1.165, 1.54) is 4.90 Å². The number of benzene rings is 1. The molecule has 0 unspecified atom stereocenters. The van der Waals surface area contributed by atoms with E-state index in [0.29, 0.717) is 23.3 Å². The third-order valence-corrected chi connectivity index (χ3v) is 5.54. The summed E-state index contributed by atoms with van der Waals surface area (Å²) in [7, 11) is 0. The molecule has 2 saturated carbocycles. The first-order chi connectivity index (χ1) is 12.2. The first-order valence-corrected chi connectivity index (χ1v) is 8.83. The standard InChI is InChI=1S/C19H19N3O3/c23-17-19(13-6-7-13,14-8-9-14)20-18(24)22(17)11-15-10-16(25-21-15)12-4-2-1-3-5-12/h1-5,10,13-14H,6-9,11H2,(H,20,24). The van der Waals surface area contributed by atoms with E-state index in [0.717, 1.165) is 31.2 Å². The van der Waals surface area contributed by atoms with Gasteiger partial charge in [-0.1, -0.05) is 35.5 Å². The average Bonchev–Trinajstić information content (AvgIpc) is 3.55. The summed E-state index contributed by atoms with van der Waals surface area (Å²) in [6.07, 6.45) is 4.11. The van der Waals surface area contributed by atoms with Crippen LogP contribution in [0.5, 0.6) is 0 Å². The summed E-state index contributed by atoms with van der Waals surface area (Å²) in [4.78, 5) is 26.9. The summed E-state index contributed by atoms with van der Waals surface area (Å²) >= 11 is 0. The molecule has 3 aliphatic rings. The molecule has 3 amide bonds. The number of amides is 3. The summed E-state index contributed by atoms with van der Waals surface area (Å²) < 4.78 is 5.38. The molecule has 0 spiro atoms. The van der Waals surface area contributed by atoms with Gasteiger partial charge in [0.05, 0.1) is 6.54 Å². The zero-order valence-electron chi connectivity index (χ0n) is 13.8. The van der Waals surface area contributed by atoms with E-state index >= 15 is 0 Å². The van der Waals surface area contributed by atoms with Crippen LogP contribution in [0.15, 0.2) is 40.9 Å². The Labute approximate surface area is 145 Å². The lowest BCUT2D eigenvalue weighted by molar-refractivity contribution is -0.133. The van der Waals surface area contributed by atoms with Gasteiger partial charge in [-0.15, -0.1) is 0 Å². The largest absolute Gasteiger partial charge is 0.356 e. The number of hydrogen-bond donors (Lipinski definition) is 1. The summed E-state index contributed by atoms with van der Waals surface area (Å²) in [5.41, 5.74) is 0.858. The molecule has 1 aliphatic heterocycles. The monoisotopic (exact) mass is 337 g/mol. The minimum absolute atomic E-state index is 0.0771. The van der Waals surface area contributed by atoms with Crippen LogP contribution in [0, 0.1) is 11.8 Å². The fourth-order valence-electron chi connectivity index (χ4n) is 4.01.